The molecule has 1 amide bonds. The molecule has 0 spiro atoms. The fourth-order valence-corrected chi connectivity index (χ4v) is 3.38. The molecule has 0 saturated heterocycles. The third kappa shape index (κ3) is 4.28. The molecule has 0 aromatic heterocycles. The van der Waals surface area contributed by atoms with E-state index in [-0.39, 0.29) is 11.8 Å². The van der Waals surface area contributed by atoms with Crippen LogP contribution in [0.5, 0.6) is 5.75 Å². The minimum atomic E-state index is -0.242. The lowest BCUT2D eigenvalue weighted by Gasteiger charge is -2.21. The van der Waals surface area contributed by atoms with E-state index in [2.05, 4.69) is 42.3 Å². The molecule has 0 fully saturated rings. The Bertz CT molecular complexity index is 946. The van der Waals surface area contributed by atoms with Crippen LogP contribution in [0.4, 0.5) is 11.4 Å². The minimum absolute atomic E-state index is 0.0107. The number of nitrogens with one attached hydrogen (secondary N) is 1. The zero-order valence-electron chi connectivity index (χ0n) is 17.0. The molecule has 0 heterocycles. The first-order valence-electron chi connectivity index (χ1n) is 9.79. The van der Waals surface area contributed by atoms with Crippen LogP contribution in [0.15, 0.2) is 60.7 Å². The van der Waals surface area contributed by atoms with Crippen molar-refractivity contribution < 1.29 is 9.53 Å². The molecule has 1 atom stereocenters. The number of carbonyl (C=O) groups excluding carboxylic acids is 1. The molecule has 0 bridgehead atoms. The molecule has 146 valence electrons. The van der Waals surface area contributed by atoms with E-state index in [4.69, 9.17) is 4.74 Å². The van der Waals surface area contributed by atoms with Crippen LogP contribution in [-0.2, 0) is 4.79 Å². The van der Waals surface area contributed by atoms with E-state index in [1.807, 2.05) is 49.4 Å². The molecule has 0 aliphatic rings. The van der Waals surface area contributed by atoms with Crippen LogP contribution in [0.2, 0.25) is 0 Å². The monoisotopic (exact) mass is 376 g/mol. The van der Waals surface area contributed by atoms with Crippen molar-refractivity contribution in [2.24, 2.45) is 0 Å². The van der Waals surface area contributed by atoms with E-state index < -0.39 is 0 Å². The third-order valence-electron chi connectivity index (χ3n) is 5.23. The molecule has 3 rings (SSSR count). The van der Waals surface area contributed by atoms with Crippen LogP contribution in [0.1, 0.15) is 32.3 Å². The summed E-state index contributed by atoms with van der Waals surface area (Å²) in [6, 6.07) is 20.1. The van der Waals surface area contributed by atoms with Gasteiger partial charge >= 0.3 is 0 Å². The van der Waals surface area contributed by atoms with Gasteiger partial charge in [-0.25, -0.2) is 0 Å². The number of ether oxygens (including phenoxy) is 1. The SMILES string of the molecule is CCN(CC)c1ccc(NC(=O)[C@@H](C)c2ccc3cc(OC)ccc3c2)cc1. The number of hydrogen-bond acceptors (Lipinski definition) is 3. The van der Waals surface area contributed by atoms with Gasteiger partial charge < -0.3 is 15.0 Å². The lowest BCUT2D eigenvalue weighted by molar-refractivity contribution is -0.117. The second-order valence-electron chi connectivity index (χ2n) is 6.90. The fourth-order valence-electron chi connectivity index (χ4n) is 3.38. The van der Waals surface area contributed by atoms with E-state index in [0.29, 0.717) is 0 Å². The average Bonchev–Trinajstić information content (AvgIpc) is 2.74. The first-order valence-corrected chi connectivity index (χ1v) is 9.79. The molecule has 4 heteroatoms. The van der Waals surface area contributed by atoms with E-state index in [1.165, 1.54) is 5.69 Å². The van der Waals surface area contributed by atoms with E-state index >= 15 is 0 Å². The summed E-state index contributed by atoms with van der Waals surface area (Å²) in [5.74, 6) is 0.580. The van der Waals surface area contributed by atoms with E-state index in [0.717, 1.165) is 40.9 Å². The van der Waals surface area contributed by atoms with Gasteiger partial charge in [-0.05, 0) is 73.5 Å². The lowest BCUT2D eigenvalue weighted by Crippen LogP contribution is -2.22. The van der Waals surface area contributed by atoms with Gasteiger partial charge in [-0.1, -0.05) is 24.3 Å². The van der Waals surface area contributed by atoms with Crippen molar-refractivity contribution in [1.82, 2.24) is 0 Å². The van der Waals surface area contributed by atoms with Crippen LogP contribution in [0.25, 0.3) is 10.8 Å². The Kier molecular flexibility index (Phi) is 6.19. The predicted octanol–water partition coefficient (Wildman–Crippen LogP) is 5.44. The number of benzene rings is 3. The molecule has 0 saturated carbocycles. The van der Waals surface area contributed by atoms with Crippen molar-refractivity contribution in [3.63, 3.8) is 0 Å². The fraction of sp³-hybridized carbons (Fsp3) is 0.292. The summed E-state index contributed by atoms with van der Waals surface area (Å²) in [6.45, 7) is 8.14. The molecule has 0 aliphatic heterocycles. The number of amides is 1. The molecular weight excluding hydrogens is 348 g/mol. The van der Waals surface area contributed by atoms with Crippen LogP contribution >= 0.6 is 0 Å². The Morgan fingerprint density at radius 1 is 0.964 bits per heavy atom. The van der Waals surface area contributed by atoms with Gasteiger partial charge in [-0.15, -0.1) is 0 Å². The number of hydrogen-bond donors (Lipinski definition) is 1. The summed E-state index contributed by atoms with van der Waals surface area (Å²) in [5.41, 5.74) is 2.98. The highest BCUT2D eigenvalue weighted by atomic mass is 16.5. The van der Waals surface area contributed by atoms with Crippen LogP contribution in [-0.4, -0.2) is 26.1 Å². The Hall–Kier alpha value is -3.01. The zero-order chi connectivity index (χ0) is 20.1. The summed E-state index contributed by atoms with van der Waals surface area (Å²) in [6.07, 6.45) is 0. The van der Waals surface area contributed by atoms with Crippen molar-refractivity contribution in [3.8, 4) is 5.75 Å². The van der Waals surface area contributed by atoms with Gasteiger partial charge in [0.2, 0.25) is 5.91 Å². The van der Waals surface area contributed by atoms with Crippen molar-refractivity contribution in [1.29, 1.82) is 0 Å². The van der Waals surface area contributed by atoms with Gasteiger partial charge in [0.25, 0.3) is 0 Å². The smallest absolute Gasteiger partial charge is 0.231 e. The maximum absolute atomic E-state index is 12.7. The summed E-state index contributed by atoms with van der Waals surface area (Å²) in [7, 11) is 1.66. The lowest BCUT2D eigenvalue weighted by atomic mass is 9.97. The van der Waals surface area contributed by atoms with Gasteiger partial charge in [0, 0.05) is 24.5 Å². The third-order valence-corrected chi connectivity index (χ3v) is 5.23. The largest absolute Gasteiger partial charge is 0.497 e. The van der Waals surface area contributed by atoms with Crippen molar-refractivity contribution in [3.05, 3.63) is 66.2 Å². The van der Waals surface area contributed by atoms with Crippen molar-refractivity contribution in [2.75, 3.05) is 30.4 Å². The second kappa shape index (κ2) is 8.79. The van der Waals surface area contributed by atoms with Gasteiger partial charge in [-0.3, -0.25) is 4.79 Å². The Labute approximate surface area is 167 Å². The first-order chi connectivity index (χ1) is 13.5. The molecular formula is C24H28N2O2. The number of carbonyl (C=O) groups is 1. The molecule has 4 nitrogen and oxygen atoms in total. The number of nitrogens with zero attached hydrogens (tertiary/aromatic N) is 1. The minimum Gasteiger partial charge on any atom is -0.497 e. The van der Waals surface area contributed by atoms with Gasteiger partial charge in [0.1, 0.15) is 5.75 Å². The standard InChI is InChI=1S/C24H28N2O2/c1-5-26(6-2)22-12-10-21(11-13-22)25-24(27)17(3)18-7-8-20-16-23(28-4)14-9-19(20)15-18/h7-17H,5-6H2,1-4H3,(H,25,27)/t17-/m0/s1. The van der Waals surface area contributed by atoms with Crippen molar-refractivity contribution in [2.45, 2.75) is 26.7 Å². The number of methoxy groups -OCH3 is 1. The number of fused-ring (bicyclic) bond motifs is 1. The predicted molar refractivity (Wildman–Crippen MR) is 118 cm³/mol. The highest BCUT2D eigenvalue weighted by molar-refractivity contribution is 5.96. The zero-order valence-corrected chi connectivity index (χ0v) is 17.0. The molecule has 1 N–H and O–H groups in total. The van der Waals surface area contributed by atoms with E-state index in [9.17, 15) is 4.79 Å². The molecule has 3 aromatic rings. The summed E-state index contributed by atoms with van der Waals surface area (Å²) < 4.78 is 5.27. The van der Waals surface area contributed by atoms with Crippen molar-refractivity contribution >= 4 is 28.1 Å². The van der Waals surface area contributed by atoms with Crippen LogP contribution < -0.4 is 15.0 Å². The molecule has 0 radical (unpaired) electrons. The molecule has 3 aromatic carbocycles. The average molecular weight is 377 g/mol. The first kappa shape index (κ1) is 19.7. The second-order valence-corrected chi connectivity index (χ2v) is 6.90. The Balaban J connectivity index is 1.72. The van der Waals surface area contributed by atoms with Gasteiger partial charge in [-0.2, -0.15) is 0 Å². The van der Waals surface area contributed by atoms with E-state index in [1.54, 1.807) is 7.11 Å². The molecule has 0 unspecified atom stereocenters. The topological polar surface area (TPSA) is 41.6 Å². The summed E-state index contributed by atoms with van der Waals surface area (Å²) in [5, 5.41) is 5.23. The normalized spacial score (nSPS) is 11.9. The highest BCUT2D eigenvalue weighted by Gasteiger charge is 2.16. The number of rotatable bonds is 7. The van der Waals surface area contributed by atoms with Gasteiger partial charge in [0.05, 0.1) is 13.0 Å². The van der Waals surface area contributed by atoms with Crippen LogP contribution in [0.3, 0.4) is 0 Å². The van der Waals surface area contributed by atoms with Gasteiger partial charge in [0.15, 0.2) is 0 Å². The number of anilines is 2. The molecule has 28 heavy (non-hydrogen) atoms. The highest BCUT2D eigenvalue weighted by Crippen LogP contribution is 2.26. The summed E-state index contributed by atoms with van der Waals surface area (Å²) >= 11 is 0. The van der Waals surface area contributed by atoms with Crippen LogP contribution in [0, 0.1) is 0 Å². The maximum atomic E-state index is 12.7. The Morgan fingerprint density at radius 3 is 2.25 bits per heavy atom. The summed E-state index contributed by atoms with van der Waals surface area (Å²) in [4.78, 5) is 15.0. The maximum Gasteiger partial charge on any atom is 0.231 e. The quantitative estimate of drug-likeness (QED) is 0.597. The Morgan fingerprint density at radius 2 is 1.61 bits per heavy atom. The molecule has 0 aliphatic carbocycles.